The van der Waals surface area contributed by atoms with Crippen molar-refractivity contribution < 1.29 is 17.6 Å². The van der Waals surface area contributed by atoms with Crippen LogP contribution in [0.25, 0.3) is 0 Å². The molecule has 0 amide bonds. The van der Waals surface area contributed by atoms with Crippen molar-refractivity contribution in [3.05, 3.63) is 47.0 Å². The van der Waals surface area contributed by atoms with E-state index in [9.17, 15) is 17.6 Å². The molecule has 1 saturated carbocycles. The minimum absolute atomic E-state index is 0.100. The first-order valence-corrected chi connectivity index (χ1v) is 7.84. The van der Waals surface area contributed by atoms with Gasteiger partial charge in [-0.15, -0.1) is 6.58 Å². The van der Waals surface area contributed by atoms with Crippen LogP contribution in [0.1, 0.15) is 42.4 Å². The third-order valence-electron chi connectivity index (χ3n) is 5.43. The molecule has 0 radical (unpaired) electrons. The summed E-state index contributed by atoms with van der Waals surface area (Å²) in [5, 5.41) is 0. The second kappa shape index (κ2) is 5.39. The van der Waals surface area contributed by atoms with Crippen LogP contribution in [0.3, 0.4) is 0 Å². The van der Waals surface area contributed by atoms with Gasteiger partial charge in [-0.3, -0.25) is 0 Å². The molecular weight excluding hydrogens is 292 g/mol. The van der Waals surface area contributed by atoms with Gasteiger partial charge in [0.1, 0.15) is 0 Å². The van der Waals surface area contributed by atoms with Gasteiger partial charge in [-0.1, -0.05) is 12.1 Å². The third-order valence-corrected chi connectivity index (χ3v) is 5.43. The van der Waals surface area contributed by atoms with Gasteiger partial charge in [0.25, 0.3) is 5.92 Å². The van der Waals surface area contributed by atoms with Crippen LogP contribution in [0.4, 0.5) is 17.6 Å². The fourth-order valence-corrected chi connectivity index (χ4v) is 4.14. The molecule has 0 spiro atoms. The largest absolute Gasteiger partial charge is 0.279 e. The zero-order chi connectivity index (χ0) is 16.1. The monoisotopic (exact) mass is 312 g/mol. The maximum Gasteiger partial charge on any atom is 0.279 e. The maximum atomic E-state index is 14.7. The number of fused-ring (bicyclic) bond motifs is 1. The number of hydrogen-bond donors (Lipinski definition) is 0. The molecule has 0 saturated heterocycles. The summed E-state index contributed by atoms with van der Waals surface area (Å²) in [5.41, 5.74) is -0.327. The minimum Gasteiger partial charge on any atom is -0.203 e. The van der Waals surface area contributed by atoms with Gasteiger partial charge in [0.15, 0.2) is 11.6 Å². The Kier molecular flexibility index (Phi) is 3.82. The number of alkyl halides is 2. The van der Waals surface area contributed by atoms with Crippen molar-refractivity contribution in [3.8, 4) is 0 Å². The molecule has 22 heavy (non-hydrogen) atoms. The van der Waals surface area contributed by atoms with E-state index >= 15 is 0 Å². The number of benzene rings is 1. The van der Waals surface area contributed by atoms with E-state index in [1.807, 2.05) is 6.08 Å². The quantitative estimate of drug-likeness (QED) is 0.497. The SMILES string of the molecule is C=CC1CCC(C2Cc3cc(C)c(F)c(F)c3C2(F)F)CC1. The molecule has 1 aromatic rings. The van der Waals surface area contributed by atoms with Gasteiger partial charge in [-0.05, 0) is 62.0 Å². The van der Waals surface area contributed by atoms with E-state index < -0.39 is 29.0 Å². The molecule has 0 heterocycles. The molecule has 0 nitrogen and oxygen atoms in total. The van der Waals surface area contributed by atoms with Crippen molar-refractivity contribution in [2.75, 3.05) is 0 Å². The average Bonchev–Trinajstić information content (AvgIpc) is 2.76. The molecule has 2 aliphatic rings. The summed E-state index contributed by atoms with van der Waals surface area (Å²) in [6.07, 6.45) is 5.14. The maximum absolute atomic E-state index is 14.7. The van der Waals surface area contributed by atoms with E-state index in [1.54, 1.807) is 0 Å². The second-order valence-electron chi connectivity index (χ2n) is 6.70. The molecule has 1 unspecified atom stereocenters. The molecule has 0 aromatic heterocycles. The lowest BCUT2D eigenvalue weighted by atomic mass is 9.74. The standard InChI is InChI=1S/C18H20F4/c1-3-11-4-6-12(7-5-11)14-9-13-8-10(2)16(19)17(20)15(13)18(14,21)22/h3,8,11-12,14H,1,4-7,9H2,2H3. The summed E-state index contributed by atoms with van der Waals surface area (Å²) in [7, 11) is 0. The van der Waals surface area contributed by atoms with Crippen molar-refractivity contribution in [3.63, 3.8) is 0 Å². The molecular formula is C18H20F4. The molecule has 4 heteroatoms. The highest BCUT2D eigenvalue weighted by Crippen LogP contribution is 2.53. The first-order chi connectivity index (χ1) is 10.4. The summed E-state index contributed by atoms with van der Waals surface area (Å²) in [6.45, 7) is 5.18. The Morgan fingerprint density at radius 1 is 1.14 bits per heavy atom. The van der Waals surface area contributed by atoms with E-state index in [0.29, 0.717) is 18.8 Å². The van der Waals surface area contributed by atoms with Crippen LogP contribution >= 0.6 is 0 Å². The zero-order valence-corrected chi connectivity index (χ0v) is 12.6. The minimum atomic E-state index is -3.28. The molecule has 0 bridgehead atoms. The van der Waals surface area contributed by atoms with Crippen LogP contribution < -0.4 is 0 Å². The van der Waals surface area contributed by atoms with Crippen molar-refractivity contribution in [2.45, 2.75) is 45.0 Å². The molecule has 1 atom stereocenters. The second-order valence-corrected chi connectivity index (χ2v) is 6.70. The van der Waals surface area contributed by atoms with Crippen LogP contribution in [0, 0.1) is 36.3 Å². The van der Waals surface area contributed by atoms with Crippen LogP contribution in [0.5, 0.6) is 0 Å². The van der Waals surface area contributed by atoms with Crippen LogP contribution in [-0.4, -0.2) is 0 Å². The Labute approximate surface area is 128 Å². The Morgan fingerprint density at radius 2 is 1.77 bits per heavy atom. The lowest BCUT2D eigenvalue weighted by Crippen LogP contribution is -2.31. The number of rotatable bonds is 2. The Balaban J connectivity index is 1.91. The van der Waals surface area contributed by atoms with Crippen molar-refractivity contribution in [2.24, 2.45) is 17.8 Å². The topological polar surface area (TPSA) is 0 Å². The molecule has 1 aromatic carbocycles. The summed E-state index contributed by atoms with van der Waals surface area (Å²) in [6, 6.07) is 1.39. The van der Waals surface area contributed by atoms with Crippen LogP contribution in [-0.2, 0) is 12.3 Å². The predicted molar refractivity (Wildman–Crippen MR) is 77.8 cm³/mol. The number of allylic oxidation sites excluding steroid dienone is 1. The lowest BCUT2D eigenvalue weighted by molar-refractivity contribution is -0.0834. The summed E-state index contributed by atoms with van der Waals surface area (Å²) < 4.78 is 57.1. The fraction of sp³-hybridized carbons (Fsp3) is 0.556. The van der Waals surface area contributed by atoms with Gasteiger partial charge >= 0.3 is 0 Å². The first-order valence-electron chi connectivity index (χ1n) is 7.84. The lowest BCUT2D eigenvalue weighted by Gasteiger charge is -2.34. The Morgan fingerprint density at radius 3 is 2.36 bits per heavy atom. The highest BCUT2D eigenvalue weighted by molar-refractivity contribution is 5.42. The summed E-state index contributed by atoms with van der Waals surface area (Å²) in [4.78, 5) is 0. The van der Waals surface area contributed by atoms with E-state index in [0.717, 1.165) is 12.8 Å². The molecule has 120 valence electrons. The molecule has 3 rings (SSSR count). The predicted octanol–water partition coefficient (Wildman–Crippen LogP) is 5.53. The zero-order valence-electron chi connectivity index (χ0n) is 12.6. The van der Waals surface area contributed by atoms with Crippen molar-refractivity contribution in [1.82, 2.24) is 0 Å². The Hall–Kier alpha value is -1.32. The smallest absolute Gasteiger partial charge is 0.203 e. The number of halogens is 4. The highest BCUT2D eigenvalue weighted by Gasteiger charge is 2.54. The van der Waals surface area contributed by atoms with Gasteiger partial charge in [0.05, 0.1) is 5.56 Å². The van der Waals surface area contributed by atoms with E-state index in [1.165, 1.54) is 13.0 Å². The Bertz CT molecular complexity index is 598. The van der Waals surface area contributed by atoms with Gasteiger partial charge in [-0.2, -0.15) is 0 Å². The normalized spacial score (nSPS) is 30.1. The van der Waals surface area contributed by atoms with Crippen molar-refractivity contribution in [1.29, 1.82) is 0 Å². The molecule has 0 aliphatic heterocycles. The van der Waals surface area contributed by atoms with Gasteiger partial charge in [-0.25, -0.2) is 17.6 Å². The third kappa shape index (κ3) is 2.27. The van der Waals surface area contributed by atoms with E-state index in [4.69, 9.17) is 0 Å². The number of aryl methyl sites for hydroxylation is 1. The highest BCUT2D eigenvalue weighted by atomic mass is 19.3. The average molecular weight is 312 g/mol. The molecule has 0 N–H and O–H groups in total. The number of hydrogen-bond acceptors (Lipinski definition) is 0. The van der Waals surface area contributed by atoms with Gasteiger partial charge in [0, 0.05) is 5.92 Å². The molecule has 1 fully saturated rings. The first kappa shape index (κ1) is 15.6. The summed E-state index contributed by atoms with van der Waals surface area (Å²) >= 11 is 0. The van der Waals surface area contributed by atoms with Gasteiger partial charge in [0.2, 0.25) is 0 Å². The van der Waals surface area contributed by atoms with Crippen LogP contribution in [0.15, 0.2) is 18.7 Å². The van der Waals surface area contributed by atoms with Gasteiger partial charge < -0.3 is 0 Å². The van der Waals surface area contributed by atoms with Crippen LogP contribution in [0.2, 0.25) is 0 Å². The van der Waals surface area contributed by atoms with Crippen molar-refractivity contribution >= 4 is 0 Å². The molecule has 2 aliphatic carbocycles. The van der Waals surface area contributed by atoms with E-state index in [-0.39, 0.29) is 23.5 Å². The fourth-order valence-electron chi connectivity index (χ4n) is 4.14. The van der Waals surface area contributed by atoms with E-state index in [2.05, 4.69) is 6.58 Å². The summed E-state index contributed by atoms with van der Waals surface area (Å²) in [5.74, 6) is -6.44.